The van der Waals surface area contributed by atoms with Crippen molar-refractivity contribution in [2.75, 3.05) is 18.5 Å². The fourth-order valence-electron chi connectivity index (χ4n) is 1.63. The van der Waals surface area contributed by atoms with Gasteiger partial charge in [0, 0.05) is 31.4 Å². The number of hydrogen-bond acceptors (Lipinski definition) is 3. The van der Waals surface area contributed by atoms with Crippen LogP contribution in [-0.4, -0.2) is 18.6 Å². The molecule has 5 heteroatoms. The van der Waals surface area contributed by atoms with E-state index in [1.807, 2.05) is 13.1 Å². The summed E-state index contributed by atoms with van der Waals surface area (Å²) in [5.74, 6) is 0.961. The highest BCUT2D eigenvalue weighted by atomic mass is 35.5. The fourth-order valence-corrected chi connectivity index (χ4v) is 1.80. The van der Waals surface area contributed by atoms with Gasteiger partial charge in [0.25, 0.3) is 0 Å². The zero-order valence-electron chi connectivity index (χ0n) is 7.90. The number of hydrogen-bond donors (Lipinski definition) is 1. The molecule has 78 valence electrons. The molecule has 1 aliphatic heterocycles. The summed E-state index contributed by atoms with van der Waals surface area (Å²) < 4.78 is 0. The van der Waals surface area contributed by atoms with E-state index in [-0.39, 0.29) is 18.4 Å². The van der Waals surface area contributed by atoms with E-state index in [1.54, 1.807) is 6.20 Å². The number of halogens is 2. The van der Waals surface area contributed by atoms with E-state index in [2.05, 4.69) is 9.88 Å². The van der Waals surface area contributed by atoms with Crippen molar-refractivity contribution in [3.05, 3.63) is 22.8 Å². The maximum Gasteiger partial charge on any atom is 0.133 e. The summed E-state index contributed by atoms with van der Waals surface area (Å²) in [6, 6.07) is 1.99. The minimum absolute atomic E-state index is 0. The summed E-state index contributed by atoms with van der Waals surface area (Å²) in [6.07, 6.45) is 2.63. The zero-order chi connectivity index (χ0) is 9.42. The number of nitrogens with two attached hydrogens (primary N) is 1. The van der Waals surface area contributed by atoms with Crippen LogP contribution in [0.25, 0.3) is 0 Å². The molecule has 14 heavy (non-hydrogen) atoms. The average molecular weight is 234 g/mol. The summed E-state index contributed by atoms with van der Waals surface area (Å²) in [5, 5.41) is 0.657. The Bertz CT molecular complexity index is 330. The van der Waals surface area contributed by atoms with Crippen LogP contribution in [0.3, 0.4) is 0 Å². The molecule has 2 rings (SSSR count). The first-order valence-corrected chi connectivity index (χ1v) is 4.68. The molecule has 0 bridgehead atoms. The molecule has 2 N–H and O–H groups in total. The lowest BCUT2D eigenvalue weighted by Crippen LogP contribution is -2.31. The second-order valence-electron chi connectivity index (χ2n) is 3.38. The quantitative estimate of drug-likeness (QED) is 0.746. The molecule has 0 spiro atoms. The van der Waals surface area contributed by atoms with Gasteiger partial charge < -0.3 is 10.6 Å². The molecule has 3 nitrogen and oxygen atoms in total. The normalized spacial score (nSPS) is 19.9. The predicted molar refractivity (Wildman–Crippen MR) is 61.3 cm³/mol. The van der Waals surface area contributed by atoms with Crippen molar-refractivity contribution in [1.82, 2.24) is 4.98 Å². The van der Waals surface area contributed by atoms with Crippen molar-refractivity contribution in [3.63, 3.8) is 0 Å². The molecule has 1 aliphatic rings. The molecule has 0 saturated heterocycles. The van der Waals surface area contributed by atoms with E-state index in [1.165, 1.54) is 0 Å². The van der Waals surface area contributed by atoms with E-state index < -0.39 is 0 Å². The Morgan fingerprint density at radius 1 is 1.64 bits per heavy atom. The minimum Gasteiger partial charge on any atom is -0.359 e. The van der Waals surface area contributed by atoms with Crippen LogP contribution in [0.4, 0.5) is 5.82 Å². The van der Waals surface area contributed by atoms with Crippen molar-refractivity contribution in [3.8, 4) is 0 Å². The van der Waals surface area contributed by atoms with Crippen LogP contribution in [0.1, 0.15) is 18.0 Å². The Morgan fingerprint density at radius 2 is 2.36 bits per heavy atom. The third-order valence-electron chi connectivity index (χ3n) is 2.40. The van der Waals surface area contributed by atoms with Crippen LogP contribution in [0, 0.1) is 0 Å². The maximum atomic E-state index is 5.95. The highest BCUT2D eigenvalue weighted by molar-refractivity contribution is 6.30. The average Bonchev–Trinajstić information content (AvgIpc) is 2.12. The molecular weight excluding hydrogens is 221 g/mol. The molecule has 0 saturated carbocycles. The Balaban J connectivity index is 0.000000980. The summed E-state index contributed by atoms with van der Waals surface area (Å²) in [7, 11) is 2.02. The number of pyridine rings is 1. The molecule has 1 aromatic heterocycles. The summed E-state index contributed by atoms with van der Waals surface area (Å²) >= 11 is 5.85. The lowest BCUT2D eigenvalue weighted by atomic mass is 10.0. The van der Waals surface area contributed by atoms with Gasteiger partial charge >= 0.3 is 0 Å². The van der Waals surface area contributed by atoms with Crippen molar-refractivity contribution in [2.45, 2.75) is 12.5 Å². The van der Waals surface area contributed by atoms with Gasteiger partial charge in [-0.05, 0) is 12.5 Å². The number of aromatic nitrogens is 1. The van der Waals surface area contributed by atoms with Gasteiger partial charge in [-0.2, -0.15) is 0 Å². The van der Waals surface area contributed by atoms with Gasteiger partial charge in [0.1, 0.15) is 5.82 Å². The van der Waals surface area contributed by atoms with Crippen molar-refractivity contribution >= 4 is 29.8 Å². The van der Waals surface area contributed by atoms with E-state index in [9.17, 15) is 0 Å². The van der Waals surface area contributed by atoms with E-state index in [0.717, 1.165) is 24.3 Å². The largest absolute Gasteiger partial charge is 0.359 e. The zero-order valence-corrected chi connectivity index (χ0v) is 9.48. The number of rotatable bonds is 0. The van der Waals surface area contributed by atoms with Crippen molar-refractivity contribution in [1.29, 1.82) is 0 Å². The first-order chi connectivity index (χ1) is 6.18. The molecule has 2 heterocycles. The monoisotopic (exact) mass is 233 g/mol. The van der Waals surface area contributed by atoms with Gasteiger partial charge in [-0.1, -0.05) is 11.6 Å². The molecule has 0 aliphatic carbocycles. The fraction of sp³-hybridized carbons (Fsp3) is 0.444. The molecule has 0 aromatic carbocycles. The van der Waals surface area contributed by atoms with Gasteiger partial charge in [0.2, 0.25) is 0 Å². The predicted octanol–water partition coefficient (Wildman–Crippen LogP) is 2.00. The second-order valence-corrected chi connectivity index (χ2v) is 3.82. The number of nitrogens with zero attached hydrogens (tertiary/aromatic N) is 2. The lowest BCUT2D eigenvalue weighted by Gasteiger charge is -2.29. The van der Waals surface area contributed by atoms with Crippen molar-refractivity contribution in [2.24, 2.45) is 5.73 Å². The van der Waals surface area contributed by atoms with E-state index in [0.29, 0.717) is 5.02 Å². The highest BCUT2D eigenvalue weighted by Crippen LogP contribution is 2.30. The molecule has 0 unspecified atom stereocenters. The lowest BCUT2D eigenvalue weighted by molar-refractivity contribution is 0.607. The van der Waals surface area contributed by atoms with Crippen LogP contribution in [0.2, 0.25) is 5.02 Å². The van der Waals surface area contributed by atoms with Crippen LogP contribution in [0.15, 0.2) is 12.3 Å². The highest BCUT2D eigenvalue weighted by Gasteiger charge is 2.21. The minimum atomic E-state index is 0. The summed E-state index contributed by atoms with van der Waals surface area (Å²) in [6.45, 7) is 0.961. The van der Waals surface area contributed by atoms with E-state index in [4.69, 9.17) is 17.3 Å². The Hall–Kier alpha value is -0.510. The van der Waals surface area contributed by atoms with Crippen LogP contribution in [0.5, 0.6) is 0 Å². The molecule has 0 radical (unpaired) electrons. The van der Waals surface area contributed by atoms with Crippen LogP contribution >= 0.6 is 24.0 Å². The van der Waals surface area contributed by atoms with Gasteiger partial charge in [0.05, 0.1) is 5.02 Å². The Kier molecular flexibility index (Phi) is 3.59. The SMILES string of the molecule is CN1CC[C@H](N)c2cc(Cl)cnc21.Cl. The first kappa shape index (κ1) is 11.6. The van der Waals surface area contributed by atoms with Crippen molar-refractivity contribution < 1.29 is 0 Å². The van der Waals surface area contributed by atoms with Gasteiger partial charge in [-0.3, -0.25) is 0 Å². The maximum absolute atomic E-state index is 5.95. The second kappa shape index (κ2) is 4.34. The van der Waals surface area contributed by atoms with Crippen LogP contribution in [-0.2, 0) is 0 Å². The smallest absolute Gasteiger partial charge is 0.133 e. The molecule has 0 amide bonds. The number of fused-ring (bicyclic) bond motifs is 1. The van der Waals surface area contributed by atoms with Gasteiger partial charge in [0.15, 0.2) is 0 Å². The molecule has 0 fully saturated rings. The summed E-state index contributed by atoms with van der Waals surface area (Å²) in [5.41, 5.74) is 7.01. The summed E-state index contributed by atoms with van der Waals surface area (Å²) in [4.78, 5) is 6.37. The topological polar surface area (TPSA) is 42.1 Å². The molecule has 1 aromatic rings. The first-order valence-electron chi connectivity index (χ1n) is 4.30. The van der Waals surface area contributed by atoms with Gasteiger partial charge in [-0.25, -0.2) is 4.98 Å². The third-order valence-corrected chi connectivity index (χ3v) is 2.61. The van der Waals surface area contributed by atoms with Gasteiger partial charge in [-0.15, -0.1) is 12.4 Å². The van der Waals surface area contributed by atoms with Crippen LogP contribution < -0.4 is 10.6 Å². The third kappa shape index (κ3) is 1.95. The molecular formula is C9H13Cl2N3. The Labute approximate surface area is 94.7 Å². The Morgan fingerprint density at radius 3 is 3.07 bits per heavy atom. The molecule has 1 atom stereocenters. The number of anilines is 1. The van der Waals surface area contributed by atoms with E-state index >= 15 is 0 Å². The standard InChI is InChI=1S/C9H12ClN3.ClH/c1-13-3-2-8(11)7-4-6(10)5-12-9(7)13;/h4-5,8H,2-3,11H2,1H3;1H/t8-;/m0./s1.